The average molecular weight is 233 g/mol. The van der Waals surface area contributed by atoms with Crippen molar-refractivity contribution in [3.63, 3.8) is 0 Å². The van der Waals surface area contributed by atoms with Crippen LogP contribution in [0.15, 0.2) is 28.9 Å². The van der Waals surface area contributed by atoms with Crippen molar-refractivity contribution in [2.24, 2.45) is 0 Å². The first-order valence-corrected chi connectivity index (χ1v) is 4.73. The van der Waals surface area contributed by atoms with Gasteiger partial charge in [-0.25, -0.2) is 4.98 Å². The van der Waals surface area contributed by atoms with E-state index in [2.05, 4.69) is 10.3 Å². The number of pyridine rings is 1. The highest BCUT2D eigenvalue weighted by Crippen LogP contribution is 2.13. The fourth-order valence-corrected chi connectivity index (χ4v) is 1.03. The van der Waals surface area contributed by atoms with Crippen molar-refractivity contribution in [2.75, 3.05) is 19.0 Å². The molecule has 76 valence electrons. The molecule has 0 fully saturated rings. The van der Waals surface area contributed by atoms with Crippen molar-refractivity contribution in [1.82, 2.24) is 4.98 Å². The molecule has 0 spiro atoms. The number of halogens is 2. The Morgan fingerprint density at radius 3 is 3.07 bits per heavy atom. The van der Waals surface area contributed by atoms with E-state index in [9.17, 15) is 0 Å². The fraction of sp³-hybridized carbons (Fsp3) is 0.222. The van der Waals surface area contributed by atoms with Crippen LogP contribution in [0.2, 0.25) is 0 Å². The molecular formula is C9H10Cl2N2O. The number of aromatic nitrogens is 1. The lowest BCUT2D eigenvalue weighted by Crippen LogP contribution is -1.99. The predicted octanol–water partition coefficient (Wildman–Crippen LogP) is 2.82. The van der Waals surface area contributed by atoms with Gasteiger partial charge in [0.05, 0.1) is 7.11 Å². The first-order valence-electron chi connectivity index (χ1n) is 3.97. The number of anilines is 1. The summed E-state index contributed by atoms with van der Waals surface area (Å²) in [5.74, 6) is 0.566. The molecule has 14 heavy (non-hydrogen) atoms. The standard InChI is InChI=1S/C9H10Cl2N2O/c1-14-9-6-7(2-4-13-9)12-5-3-8(10)11/h2-4,6H,5H2,1H3,(H,12,13). The van der Waals surface area contributed by atoms with E-state index < -0.39 is 0 Å². The first-order chi connectivity index (χ1) is 6.72. The Morgan fingerprint density at radius 1 is 1.64 bits per heavy atom. The summed E-state index contributed by atoms with van der Waals surface area (Å²) in [6.07, 6.45) is 3.32. The summed E-state index contributed by atoms with van der Waals surface area (Å²) in [4.78, 5) is 3.97. The van der Waals surface area contributed by atoms with E-state index in [0.29, 0.717) is 12.4 Å². The molecule has 0 unspecified atom stereocenters. The van der Waals surface area contributed by atoms with Gasteiger partial charge in [-0.2, -0.15) is 0 Å². The molecule has 0 amide bonds. The lowest BCUT2D eigenvalue weighted by atomic mass is 10.4. The number of rotatable bonds is 4. The minimum absolute atomic E-state index is 0.249. The molecule has 1 N–H and O–H groups in total. The molecule has 0 aliphatic heterocycles. The first kappa shape index (κ1) is 11.1. The maximum absolute atomic E-state index is 5.45. The molecular weight excluding hydrogens is 223 g/mol. The van der Waals surface area contributed by atoms with Gasteiger partial charge in [-0.15, -0.1) is 0 Å². The SMILES string of the molecule is COc1cc(NCC=C(Cl)Cl)ccn1. The summed E-state index contributed by atoms with van der Waals surface area (Å²) in [5.41, 5.74) is 0.905. The highest BCUT2D eigenvalue weighted by Gasteiger charge is 1.94. The van der Waals surface area contributed by atoms with E-state index in [-0.39, 0.29) is 4.49 Å². The Bertz CT molecular complexity index is 324. The van der Waals surface area contributed by atoms with Gasteiger partial charge in [0.2, 0.25) is 5.88 Å². The zero-order valence-electron chi connectivity index (χ0n) is 7.63. The molecule has 0 saturated heterocycles. The van der Waals surface area contributed by atoms with Crippen molar-refractivity contribution < 1.29 is 4.74 Å². The molecule has 1 aromatic heterocycles. The summed E-state index contributed by atoms with van der Waals surface area (Å²) in [6.45, 7) is 0.565. The van der Waals surface area contributed by atoms with Crippen LogP contribution in [-0.2, 0) is 0 Å². The average Bonchev–Trinajstić information content (AvgIpc) is 2.18. The van der Waals surface area contributed by atoms with E-state index in [1.807, 2.05) is 6.07 Å². The number of nitrogens with one attached hydrogen (secondary N) is 1. The largest absolute Gasteiger partial charge is 0.481 e. The highest BCUT2D eigenvalue weighted by molar-refractivity contribution is 6.55. The summed E-state index contributed by atoms with van der Waals surface area (Å²) >= 11 is 10.9. The van der Waals surface area contributed by atoms with Crippen molar-refractivity contribution in [3.8, 4) is 5.88 Å². The van der Waals surface area contributed by atoms with Gasteiger partial charge in [0.25, 0.3) is 0 Å². The third-order valence-corrected chi connectivity index (χ3v) is 1.82. The second-order valence-corrected chi connectivity index (χ2v) is 3.47. The topological polar surface area (TPSA) is 34.1 Å². The number of hydrogen-bond donors (Lipinski definition) is 1. The highest BCUT2D eigenvalue weighted by atomic mass is 35.5. The van der Waals surface area contributed by atoms with Gasteiger partial charge in [0.15, 0.2) is 0 Å². The Balaban J connectivity index is 2.54. The summed E-state index contributed by atoms with van der Waals surface area (Å²) in [7, 11) is 1.57. The number of hydrogen-bond acceptors (Lipinski definition) is 3. The van der Waals surface area contributed by atoms with Crippen LogP contribution in [0.1, 0.15) is 0 Å². The second kappa shape index (κ2) is 5.73. The van der Waals surface area contributed by atoms with Gasteiger partial charge in [-0.3, -0.25) is 0 Å². The van der Waals surface area contributed by atoms with Crippen LogP contribution >= 0.6 is 23.2 Å². The third kappa shape index (κ3) is 3.85. The van der Waals surface area contributed by atoms with Crippen molar-refractivity contribution >= 4 is 28.9 Å². The molecule has 0 bridgehead atoms. The molecule has 0 atom stereocenters. The molecule has 5 heteroatoms. The van der Waals surface area contributed by atoms with Gasteiger partial charge in [-0.05, 0) is 12.1 Å². The zero-order chi connectivity index (χ0) is 10.4. The molecule has 0 radical (unpaired) electrons. The second-order valence-electron chi connectivity index (χ2n) is 2.46. The van der Waals surface area contributed by atoms with Gasteiger partial charge in [0, 0.05) is 24.5 Å². The number of ether oxygens (including phenoxy) is 1. The molecule has 1 heterocycles. The van der Waals surface area contributed by atoms with Gasteiger partial charge in [-0.1, -0.05) is 23.2 Å². The summed E-state index contributed by atoms with van der Waals surface area (Å²) in [6, 6.07) is 3.62. The number of nitrogens with zero attached hydrogens (tertiary/aromatic N) is 1. The van der Waals surface area contributed by atoms with Gasteiger partial charge >= 0.3 is 0 Å². The van der Waals surface area contributed by atoms with Crippen LogP contribution < -0.4 is 10.1 Å². The van der Waals surface area contributed by atoms with Crippen molar-refractivity contribution in [2.45, 2.75) is 0 Å². The van der Waals surface area contributed by atoms with Crippen LogP contribution in [0.3, 0.4) is 0 Å². The van der Waals surface area contributed by atoms with Crippen LogP contribution in [0.4, 0.5) is 5.69 Å². The monoisotopic (exact) mass is 232 g/mol. The lowest BCUT2D eigenvalue weighted by Gasteiger charge is -2.04. The maximum atomic E-state index is 5.45. The molecule has 0 aliphatic rings. The molecule has 1 aromatic rings. The molecule has 0 aromatic carbocycles. The summed E-state index contributed by atoms with van der Waals surface area (Å²) in [5, 5.41) is 3.09. The lowest BCUT2D eigenvalue weighted by molar-refractivity contribution is 0.398. The number of methoxy groups -OCH3 is 1. The Hall–Kier alpha value is -0.930. The minimum Gasteiger partial charge on any atom is -0.481 e. The van der Waals surface area contributed by atoms with Gasteiger partial charge < -0.3 is 10.1 Å². The normalized spacial score (nSPS) is 9.36. The van der Waals surface area contributed by atoms with E-state index in [0.717, 1.165) is 5.69 Å². The van der Waals surface area contributed by atoms with E-state index >= 15 is 0 Å². The van der Waals surface area contributed by atoms with Crippen LogP contribution in [0, 0.1) is 0 Å². The fourth-order valence-electron chi connectivity index (χ4n) is 0.877. The zero-order valence-corrected chi connectivity index (χ0v) is 9.14. The summed E-state index contributed by atoms with van der Waals surface area (Å²) < 4.78 is 5.21. The molecule has 3 nitrogen and oxygen atoms in total. The smallest absolute Gasteiger partial charge is 0.214 e. The molecule has 0 aliphatic carbocycles. The maximum Gasteiger partial charge on any atom is 0.214 e. The Morgan fingerprint density at radius 2 is 2.43 bits per heavy atom. The Labute approximate surface area is 92.7 Å². The quantitative estimate of drug-likeness (QED) is 0.868. The molecule has 0 saturated carbocycles. The third-order valence-electron chi connectivity index (χ3n) is 1.51. The Kier molecular flexibility index (Phi) is 4.56. The van der Waals surface area contributed by atoms with Crippen molar-refractivity contribution in [1.29, 1.82) is 0 Å². The van der Waals surface area contributed by atoms with Crippen LogP contribution in [0.5, 0.6) is 5.88 Å². The van der Waals surface area contributed by atoms with E-state index in [1.54, 1.807) is 25.4 Å². The predicted molar refractivity (Wildman–Crippen MR) is 59.1 cm³/mol. The van der Waals surface area contributed by atoms with Crippen LogP contribution in [-0.4, -0.2) is 18.6 Å². The minimum atomic E-state index is 0.249. The molecule has 1 rings (SSSR count). The van der Waals surface area contributed by atoms with E-state index in [1.165, 1.54) is 0 Å². The van der Waals surface area contributed by atoms with E-state index in [4.69, 9.17) is 27.9 Å². The van der Waals surface area contributed by atoms with Crippen molar-refractivity contribution in [3.05, 3.63) is 28.9 Å². The van der Waals surface area contributed by atoms with Crippen LogP contribution in [0.25, 0.3) is 0 Å². The van der Waals surface area contributed by atoms with Gasteiger partial charge in [0.1, 0.15) is 4.49 Å².